The van der Waals surface area contributed by atoms with Gasteiger partial charge in [-0.1, -0.05) is 13.8 Å². The fourth-order valence-corrected chi connectivity index (χ4v) is 1.16. The molecule has 0 amide bonds. The zero-order chi connectivity index (χ0) is 12.6. The Bertz CT molecular complexity index is 253. The summed E-state index contributed by atoms with van der Waals surface area (Å²) in [5.74, 6) is 0.138. The van der Waals surface area contributed by atoms with Crippen LogP contribution in [0.25, 0.3) is 0 Å². The van der Waals surface area contributed by atoms with E-state index in [2.05, 4.69) is 9.47 Å². The molecule has 0 saturated carbocycles. The van der Waals surface area contributed by atoms with E-state index >= 15 is 0 Å². The molecule has 0 heterocycles. The lowest BCUT2D eigenvalue weighted by molar-refractivity contribution is 0.0923. The van der Waals surface area contributed by atoms with Crippen LogP contribution in [0, 0.1) is 0 Å². The fraction of sp³-hybridized carbons (Fsp3) is 0.600. The van der Waals surface area contributed by atoms with E-state index in [0.717, 1.165) is 0 Å². The molecular weight excluding hydrogens is 216 g/mol. The first kappa shape index (κ1) is 14.3. The number of carboxylic acid groups (broad SMARTS) is 2. The SMILES string of the molecule is CCC/C(OC(=O)O)=C(/CCC)OC(=O)O. The molecule has 0 radical (unpaired) electrons. The third kappa shape index (κ3) is 5.90. The topological polar surface area (TPSA) is 93.1 Å². The number of allylic oxidation sites excluding steroid dienone is 2. The summed E-state index contributed by atoms with van der Waals surface area (Å²) in [5.41, 5.74) is 0. The van der Waals surface area contributed by atoms with Crippen molar-refractivity contribution in [3.63, 3.8) is 0 Å². The predicted molar refractivity (Wildman–Crippen MR) is 55.1 cm³/mol. The highest BCUT2D eigenvalue weighted by atomic mass is 16.7. The van der Waals surface area contributed by atoms with Crippen molar-refractivity contribution in [3.8, 4) is 0 Å². The molecule has 0 aliphatic heterocycles. The van der Waals surface area contributed by atoms with Crippen molar-refractivity contribution in [2.75, 3.05) is 0 Å². The Morgan fingerprint density at radius 1 is 0.875 bits per heavy atom. The lowest BCUT2D eigenvalue weighted by Crippen LogP contribution is -2.08. The van der Waals surface area contributed by atoms with Crippen molar-refractivity contribution in [2.24, 2.45) is 0 Å². The monoisotopic (exact) mass is 232 g/mol. The third-order valence-corrected chi connectivity index (χ3v) is 1.69. The lowest BCUT2D eigenvalue weighted by Gasteiger charge is -2.11. The molecule has 6 heteroatoms. The summed E-state index contributed by atoms with van der Waals surface area (Å²) in [6.45, 7) is 3.66. The van der Waals surface area contributed by atoms with Gasteiger partial charge in [-0.05, 0) is 12.8 Å². The Hall–Kier alpha value is -1.72. The van der Waals surface area contributed by atoms with Gasteiger partial charge in [0.25, 0.3) is 0 Å². The summed E-state index contributed by atoms with van der Waals surface area (Å²) in [6, 6.07) is 0. The molecule has 16 heavy (non-hydrogen) atoms. The Morgan fingerprint density at radius 3 is 1.38 bits per heavy atom. The van der Waals surface area contributed by atoms with Crippen molar-refractivity contribution in [3.05, 3.63) is 11.5 Å². The summed E-state index contributed by atoms with van der Waals surface area (Å²) < 4.78 is 9.03. The Morgan fingerprint density at radius 2 is 1.19 bits per heavy atom. The second-order valence-electron chi connectivity index (χ2n) is 3.08. The summed E-state index contributed by atoms with van der Waals surface area (Å²) in [4.78, 5) is 20.8. The minimum atomic E-state index is -1.47. The minimum Gasteiger partial charge on any atom is -0.449 e. The van der Waals surface area contributed by atoms with Gasteiger partial charge in [-0.3, -0.25) is 0 Å². The Balaban J connectivity index is 4.90. The van der Waals surface area contributed by atoms with Gasteiger partial charge in [0, 0.05) is 12.8 Å². The van der Waals surface area contributed by atoms with Gasteiger partial charge in [0.05, 0.1) is 0 Å². The van der Waals surface area contributed by atoms with Crippen LogP contribution in [0.1, 0.15) is 39.5 Å². The Kier molecular flexibility index (Phi) is 6.74. The zero-order valence-electron chi connectivity index (χ0n) is 9.36. The molecule has 92 valence electrons. The smallest absolute Gasteiger partial charge is 0.449 e. The van der Waals surface area contributed by atoms with Crippen LogP contribution >= 0.6 is 0 Å². The molecule has 0 rings (SSSR count). The molecule has 2 N–H and O–H groups in total. The number of hydrogen-bond donors (Lipinski definition) is 2. The molecule has 0 aliphatic carbocycles. The lowest BCUT2D eigenvalue weighted by atomic mass is 10.2. The maximum Gasteiger partial charge on any atom is 0.511 e. The first-order chi connectivity index (χ1) is 7.51. The number of hydrogen-bond acceptors (Lipinski definition) is 4. The van der Waals surface area contributed by atoms with E-state index in [1.807, 2.05) is 13.8 Å². The van der Waals surface area contributed by atoms with Gasteiger partial charge in [0.15, 0.2) is 0 Å². The van der Waals surface area contributed by atoms with Crippen LogP contribution in [-0.4, -0.2) is 22.5 Å². The van der Waals surface area contributed by atoms with Gasteiger partial charge >= 0.3 is 12.3 Å². The number of ether oxygens (including phenoxy) is 2. The van der Waals surface area contributed by atoms with Crippen molar-refractivity contribution in [2.45, 2.75) is 39.5 Å². The maximum absolute atomic E-state index is 10.4. The van der Waals surface area contributed by atoms with E-state index in [-0.39, 0.29) is 11.5 Å². The molecule has 0 unspecified atom stereocenters. The van der Waals surface area contributed by atoms with Gasteiger partial charge < -0.3 is 19.7 Å². The summed E-state index contributed by atoms with van der Waals surface area (Å²) >= 11 is 0. The predicted octanol–water partition coefficient (Wildman–Crippen LogP) is 3.19. The molecule has 0 spiro atoms. The molecule has 0 aromatic rings. The van der Waals surface area contributed by atoms with E-state index < -0.39 is 12.3 Å². The van der Waals surface area contributed by atoms with E-state index in [0.29, 0.717) is 25.7 Å². The largest absolute Gasteiger partial charge is 0.511 e. The van der Waals surface area contributed by atoms with Gasteiger partial charge in [-0.2, -0.15) is 0 Å². The summed E-state index contributed by atoms with van der Waals surface area (Å²) in [5, 5.41) is 17.0. The summed E-state index contributed by atoms with van der Waals surface area (Å²) in [6.07, 6.45) is -1.00. The van der Waals surface area contributed by atoms with Crippen molar-refractivity contribution < 1.29 is 29.3 Å². The minimum absolute atomic E-state index is 0.0688. The number of rotatable bonds is 6. The normalized spacial score (nSPS) is 11.6. The molecule has 6 nitrogen and oxygen atoms in total. The molecule has 0 aromatic carbocycles. The summed E-state index contributed by atoms with van der Waals surface area (Å²) in [7, 11) is 0. The van der Waals surface area contributed by atoms with Gasteiger partial charge in [0.1, 0.15) is 11.5 Å². The van der Waals surface area contributed by atoms with Gasteiger partial charge in [-0.15, -0.1) is 0 Å². The van der Waals surface area contributed by atoms with Crippen LogP contribution in [0.2, 0.25) is 0 Å². The van der Waals surface area contributed by atoms with Crippen LogP contribution in [0.3, 0.4) is 0 Å². The van der Waals surface area contributed by atoms with E-state index in [1.54, 1.807) is 0 Å². The quantitative estimate of drug-likeness (QED) is 0.539. The molecule has 0 fully saturated rings. The van der Waals surface area contributed by atoms with Crippen LogP contribution in [-0.2, 0) is 9.47 Å². The molecule has 0 aliphatic rings. The van der Waals surface area contributed by atoms with Crippen LogP contribution in [0.15, 0.2) is 11.5 Å². The highest BCUT2D eigenvalue weighted by Crippen LogP contribution is 2.19. The average Bonchev–Trinajstić information content (AvgIpc) is 2.15. The second kappa shape index (κ2) is 7.56. The van der Waals surface area contributed by atoms with Crippen LogP contribution in [0.4, 0.5) is 9.59 Å². The van der Waals surface area contributed by atoms with Crippen LogP contribution in [0.5, 0.6) is 0 Å². The zero-order valence-corrected chi connectivity index (χ0v) is 9.36. The van der Waals surface area contributed by atoms with Crippen molar-refractivity contribution in [1.29, 1.82) is 0 Å². The molecule has 0 atom stereocenters. The first-order valence-corrected chi connectivity index (χ1v) is 5.04. The molecule has 0 bridgehead atoms. The van der Waals surface area contributed by atoms with Crippen molar-refractivity contribution >= 4 is 12.3 Å². The third-order valence-electron chi connectivity index (χ3n) is 1.69. The standard InChI is InChI=1S/C10H16O6/c1-3-5-7(15-9(11)12)8(6-4-2)16-10(13)14/h3-6H2,1-2H3,(H,11,12)(H,13,14)/b8-7+. The maximum atomic E-state index is 10.4. The van der Waals surface area contributed by atoms with Crippen molar-refractivity contribution in [1.82, 2.24) is 0 Å². The highest BCUT2D eigenvalue weighted by molar-refractivity contribution is 5.60. The van der Waals surface area contributed by atoms with Gasteiger partial charge in [0.2, 0.25) is 0 Å². The Labute approximate surface area is 93.5 Å². The van der Waals surface area contributed by atoms with Gasteiger partial charge in [-0.25, -0.2) is 9.59 Å². The van der Waals surface area contributed by atoms with Crippen LogP contribution < -0.4 is 0 Å². The van der Waals surface area contributed by atoms with E-state index in [1.165, 1.54) is 0 Å². The molecule has 0 saturated heterocycles. The van der Waals surface area contributed by atoms with E-state index in [9.17, 15) is 9.59 Å². The fourth-order valence-electron chi connectivity index (χ4n) is 1.16. The molecular formula is C10H16O6. The average molecular weight is 232 g/mol. The highest BCUT2D eigenvalue weighted by Gasteiger charge is 2.15. The second-order valence-corrected chi connectivity index (χ2v) is 3.08. The molecule has 0 aromatic heterocycles. The number of carbonyl (C=O) groups is 2. The van der Waals surface area contributed by atoms with E-state index in [4.69, 9.17) is 10.2 Å². The first-order valence-electron chi connectivity index (χ1n) is 5.04.